The molecule has 2 aliphatic heterocycles. The summed E-state index contributed by atoms with van der Waals surface area (Å²) in [5.41, 5.74) is 5.00. The molecule has 2 aromatic rings. The van der Waals surface area contributed by atoms with Gasteiger partial charge in [-0.2, -0.15) is 0 Å². The Kier molecular flexibility index (Phi) is 6.38. The Morgan fingerprint density at radius 2 is 1.67 bits per heavy atom. The van der Waals surface area contributed by atoms with Gasteiger partial charge in [-0.1, -0.05) is 39.8 Å². The van der Waals surface area contributed by atoms with Crippen LogP contribution in [-0.2, 0) is 11.3 Å². The van der Waals surface area contributed by atoms with Crippen LogP contribution >= 0.6 is 0 Å². The first-order valence-corrected chi connectivity index (χ1v) is 8.86. The van der Waals surface area contributed by atoms with Crippen molar-refractivity contribution in [3.63, 3.8) is 0 Å². The van der Waals surface area contributed by atoms with E-state index in [1.807, 2.05) is 46.8 Å². The molecule has 2 aliphatic rings. The lowest BCUT2D eigenvalue weighted by molar-refractivity contribution is 0.00703. The number of hydrogen-bond acceptors (Lipinski definition) is 2. The molecule has 130 valence electrons. The molecular formula is C21H27FO2. The third-order valence-electron chi connectivity index (χ3n) is 4.11. The summed E-state index contributed by atoms with van der Waals surface area (Å²) in [7, 11) is 0. The Balaban J connectivity index is 0.000000487. The van der Waals surface area contributed by atoms with Crippen LogP contribution in [0.3, 0.4) is 0 Å². The van der Waals surface area contributed by atoms with Gasteiger partial charge in [-0.05, 0) is 41.8 Å². The monoisotopic (exact) mass is 330 g/mol. The van der Waals surface area contributed by atoms with Crippen molar-refractivity contribution in [1.82, 2.24) is 0 Å². The SMILES string of the molecule is CC.CC.Cc1ccc2c(c1)OCc1cc(F)c(C3COC3)cc1-2. The van der Waals surface area contributed by atoms with Crippen LogP contribution in [-0.4, -0.2) is 13.2 Å². The van der Waals surface area contributed by atoms with E-state index in [2.05, 4.69) is 12.1 Å². The molecule has 0 bridgehead atoms. The van der Waals surface area contributed by atoms with Gasteiger partial charge in [0, 0.05) is 17.0 Å². The van der Waals surface area contributed by atoms with E-state index >= 15 is 0 Å². The lowest BCUT2D eigenvalue weighted by Gasteiger charge is -2.29. The highest BCUT2D eigenvalue weighted by atomic mass is 19.1. The maximum absolute atomic E-state index is 14.2. The number of ether oxygens (including phenoxy) is 2. The average molecular weight is 330 g/mol. The van der Waals surface area contributed by atoms with E-state index < -0.39 is 0 Å². The zero-order chi connectivity index (χ0) is 17.7. The molecule has 0 saturated carbocycles. The highest BCUT2D eigenvalue weighted by molar-refractivity contribution is 5.76. The normalized spacial score (nSPS) is 14.6. The molecule has 4 rings (SSSR count). The van der Waals surface area contributed by atoms with Gasteiger partial charge in [0.1, 0.15) is 18.2 Å². The van der Waals surface area contributed by atoms with Crippen LogP contribution in [0.25, 0.3) is 11.1 Å². The zero-order valence-electron chi connectivity index (χ0n) is 15.3. The second-order valence-electron chi connectivity index (χ2n) is 5.55. The molecule has 2 aromatic carbocycles. The highest BCUT2D eigenvalue weighted by Gasteiger charge is 2.27. The Morgan fingerprint density at radius 1 is 0.958 bits per heavy atom. The van der Waals surface area contributed by atoms with E-state index in [9.17, 15) is 4.39 Å². The topological polar surface area (TPSA) is 18.5 Å². The molecule has 0 atom stereocenters. The summed E-state index contributed by atoms with van der Waals surface area (Å²) in [6.45, 7) is 11.7. The first-order chi connectivity index (χ1) is 11.7. The van der Waals surface area contributed by atoms with Crippen molar-refractivity contribution in [2.75, 3.05) is 13.2 Å². The van der Waals surface area contributed by atoms with Crippen molar-refractivity contribution in [3.05, 3.63) is 52.8 Å². The van der Waals surface area contributed by atoms with Gasteiger partial charge in [0.05, 0.1) is 13.2 Å². The van der Waals surface area contributed by atoms with Crippen molar-refractivity contribution >= 4 is 0 Å². The van der Waals surface area contributed by atoms with Crippen molar-refractivity contribution in [2.45, 2.75) is 47.1 Å². The quantitative estimate of drug-likeness (QED) is 0.652. The Morgan fingerprint density at radius 3 is 2.29 bits per heavy atom. The molecule has 0 unspecified atom stereocenters. The van der Waals surface area contributed by atoms with Crippen molar-refractivity contribution in [1.29, 1.82) is 0 Å². The molecule has 0 aliphatic carbocycles. The molecule has 0 radical (unpaired) electrons. The van der Waals surface area contributed by atoms with E-state index in [0.29, 0.717) is 19.8 Å². The number of benzene rings is 2. The maximum atomic E-state index is 14.2. The summed E-state index contributed by atoms with van der Waals surface area (Å²) in [5.74, 6) is 0.938. The molecule has 2 heterocycles. The Bertz CT molecular complexity index is 690. The van der Waals surface area contributed by atoms with Gasteiger partial charge >= 0.3 is 0 Å². The number of fused-ring (bicyclic) bond motifs is 3. The smallest absolute Gasteiger partial charge is 0.127 e. The number of aryl methyl sites for hydroxylation is 1. The summed E-state index contributed by atoms with van der Waals surface area (Å²) in [6.07, 6.45) is 0. The molecule has 1 fully saturated rings. The van der Waals surface area contributed by atoms with Gasteiger partial charge in [0.25, 0.3) is 0 Å². The first-order valence-electron chi connectivity index (χ1n) is 8.86. The van der Waals surface area contributed by atoms with Crippen LogP contribution in [0.15, 0.2) is 30.3 Å². The van der Waals surface area contributed by atoms with Crippen LogP contribution in [0, 0.1) is 12.7 Å². The van der Waals surface area contributed by atoms with Gasteiger partial charge in [-0.15, -0.1) is 0 Å². The minimum Gasteiger partial charge on any atom is -0.488 e. The highest BCUT2D eigenvalue weighted by Crippen LogP contribution is 2.40. The van der Waals surface area contributed by atoms with E-state index in [0.717, 1.165) is 28.0 Å². The van der Waals surface area contributed by atoms with E-state index in [-0.39, 0.29) is 11.7 Å². The summed E-state index contributed by atoms with van der Waals surface area (Å²) >= 11 is 0. The number of rotatable bonds is 1. The van der Waals surface area contributed by atoms with Crippen LogP contribution in [0.4, 0.5) is 4.39 Å². The fraction of sp³-hybridized carbons (Fsp3) is 0.429. The second-order valence-corrected chi connectivity index (χ2v) is 5.55. The van der Waals surface area contributed by atoms with Crippen molar-refractivity contribution in [3.8, 4) is 16.9 Å². The summed E-state index contributed by atoms with van der Waals surface area (Å²) < 4.78 is 25.1. The molecule has 2 nitrogen and oxygen atoms in total. The van der Waals surface area contributed by atoms with Crippen LogP contribution in [0.1, 0.15) is 50.3 Å². The average Bonchev–Trinajstić information content (AvgIpc) is 2.57. The summed E-state index contributed by atoms with van der Waals surface area (Å²) in [5, 5.41) is 0. The van der Waals surface area contributed by atoms with E-state index in [4.69, 9.17) is 9.47 Å². The predicted molar refractivity (Wildman–Crippen MR) is 97.2 cm³/mol. The molecule has 0 aromatic heterocycles. The molecule has 24 heavy (non-hydrogen) atoms. The zero-order valence-corrected chi connectivity index (χ0v) is 15.3. The second kappa shape index (κ2) is 8.29. The third-order valence-corrected chi connectivity index (χ3v) is 4.11. The van der Waals surface area contributed by atoms with Crippen LogP contribution in [0.2, 0.25) is 0 Å². The minimum absolute atomic E-state index is 0.142. The fourth-order valence-corrected chi connectivity index (χ4v) is 2.86. The van der Waals surface area contributed by atoms with Gasteiger partial charge < -0.3 is 9.47 Å². The fourth-order valence-electron chi connectivity index (χ4n) is 2.86. The summed E-state index contributed by atoms with van der Waals surface area (Å²) in [4.78, 5) is 0. The van der Waals surface area contributed by atoms with Gasteiger partial charge in [-0.3, -0.25) is 0 Å². The predicted octanol–water partition coefficient (Wildman–Crippen LogP) is 5.86. The molecule has 3 heteroatoms. The van der Waals surface area contributed by atoms with Gasteiger partial charge in [0.2, 0.25) is 0 Å². The van der Waals surface area contributed by atoms with Gasteiger partial charge in [0.15, 0.2) is 0 Å². The van der Waals surface area contributed by atoms with E-state index in [1.54, 1.807) is 6.07 Å². The molecule has 0 amide bonds. The van der Waals surface area contributed by atoms with Gasteiger partial charge in [-0.25, -0.2) is 4.39 Å². The molecular weight excluding hydrogens is 303 g/mol. The Hall–Kier alpha value is -1.87. The lowest BCUT2D eigenvalue weighted by atomic mass is 9.89. The third kappa shape index (κ3) is 3.46. The standard InChI is InChI=1S/C17H15FO2.2C2H6/c1-10-2-3-13-14-6-15(12-7-19-8-12)16(18)5-11(14)9-20-17(13)4-10;2*1-2/h2-6,12H,7-9H2,1H3;2*1-2H3. The minimum atomic E-state index is -0.142. The van der Waals surface area contributed by atoms with Crippen molar-refractivity contribution in [2.24, 2.45) is 0 Å². The van der Waals surface area contributed by atoms with Crippen molar-refractivity contribution < 1.29 is 13.9 Å². The summed E-state index contributed by atoms with van der Waals surface area (Å²) in [6, 6.07) is 9.75. The molecule has 0 spiro atoms. The van der Waals surface area contributed by atoms with E-state index in [1.165, 1.54) is 5.56 Å². The van der Waals surface area contributed by atoms with Crippen LogP contribution < -0.4 is 4.74 Å². The van der Waals surface area contributed by atoms with Crippen LogP contribution in [0.5, 0.6) is 5.75 Å². The lowest BCUT2D eigenvalue weighted by Crippen LogP contribution is -2.26. The largest absolute Gasteiger partial charge is 0.488 e. The number of halogens is 1. The maximum Gasteiger partial charge on any atom is 0.127 e. The molecule has 0 N–H and O–H groups in total. The number of hydrogen-bond donors (Lipinski definition) is 0. The molecule has 1 saturated heterocycles. The Labute approximate surface area is 144 Å². The first kappa shape index (κ1) is 18.5.